The molecular formula is C37H64N6O7S. The van der Waals surface area contributed by atoms with Gasteiger partial charge in [0.25, 0.3) is 0 Å². The van der Waals surface area contributed by atoms with E-state index in [4.69, 9.17) is 9.47 Å². The zero-order valence-corrected chi connectivity index (χ0v) is 33.6. The van der Waals surface area contributed by atoms with Gasteiger partial charge in [0.1, 0.15) is 11.0 Å². The first-order valence-electron chi connectivity index (χ1n) is 18.4. The molecule has 51 heavy (non-hydrogen) atoms. The predicted octanol–water partition coefficient (Wildman–Crippen LogP) is 3.72. The monoisotopic (exact) mass is 736 g/mol. The number of carbonyl (C=O) groups excluding carboxylic acids is 5. The number of methoxy groups -OCH3 is 2. The van der Waals surface area contributed by atoms with Crippen molar-refractivity contribution in [3.63, 3.8) is 0 Å². The van der Waals surface area contributed by atoms with E-state index in [2.05, 4.69) is 29.5 Å². The summed E-state index contributed by atoms with van der Waals surface area (Å²) in [5, 5.41) is 8.38. The third kappa shape index (κ3) is 12.5. The smallest absolute Gasteiger partial charge is 0.243 e. The molecule has 0 aromatic carbocycles. The van der Waals surface area contributed by atoms with Crippen LogP contribution < -0.4 is 10.6 Å². The first-order valence-corrected chi connectivity index (χ1v) is 19.3. The Hall–Kier alpha value is -3.10. The van der Waals surface area contributed by atoms with Crippen molar-refractivity contribution in [1.82, 2.24) is 30.3 Å². The highest BCUT2D eigenvalue weighted by molar-refractivity contribution is 7.09. The molecule has 1 fully saturated rings. The van der Waals surface area contributed by atoms with E-state index in [9.17, 15) is 24.0 Å². The maximum atomic E-state index is 14.0. The molecule has 2 N–H and O–H groups in total. The van der Waals surface area contributed by atoms with Crippen molar-refractivity contribution in [3.05, 3.63) is 16.6 Å². The van der Waals surface area contributed by atoms with Crippen LogP contribution in [0.15, 0.2) is 11.6 Å². The Labute approximate surface area is 309 Å². The number of nitrogens with zero attached hydrogens (tertiary/aromatic N) is 4. The number of rotatable bonds is 21. The Morgan fingerprint density at radius 1 is 0.980 bits per heavy atom. The number of amides is 5. The standard InChI is InChI=1S/C37H64N6O7S/c1-12-25(6)34(42(9)32(46)22-40-37(48)33(24(4)5)41(8)30(44)16-15-23(2)3)28(49-10)20-31(45)43-18-13-14-27(43)35(50-11)26(7)36(47)39-21-29-38-17-19-51-29/h17,19,23-28,33-35H,12-16,18,20-22H2,1-11H3,(H,39,47)(H,40,48). The molecule has 5 amide bonds. The lowest BCUT2D eigenvalue weighted by Crippen LogP contribution is -2.55. The summed E-state index contributed by atoms with van der Waals surface area (Å²) in [5.41, 5.74) is 0. The van der Waals surface area contributed by atoms with Crippen LogP contribution in [0.3, 0.4) is 0 Å². The maximum Gasteiger partial charge on any atom is 0.243 e. The molecule has 2 rings (SSSR count). The molecule has 0 spiro atoms. The molecule has 0 saturated carbocycles. The van der Waals surface area contributed by atoms with Crippen LogP contribution in [0.4, 0.5) is 0 Å². The van der Waals surface area contributed by atoms with E-state index in [-0.39, 0.29) is 60.4 Å². The highest BCUT2D eigenvalue weighted by atomic mass is 32.1. The van der Waals surface area contributed by atoms with Gasteiger partial charge in [-0.05, 0) is 37.0 Å². The number of likely N-dealkylation sites (N-methyl/N-ethyl adjacent to an activating group) is 2. The minimum atomic E-state index is -0.714. The molecule has 1 saturated heterocycles. The highest BCUT2D eigenvalue weighted by Gasteiger charge is 2.42. The lowest BCUT2D eigenvalue weighted by atomic mass is 9.90. The third-order valence-corrected chi connectivity index (χ3v) is 11.0. The van der Waals surface area contributed by atoms with Gasteiger partial charge in [-0.3, -0.25) is 24.0 Å². The topological polar surface area (TPSA) is 150 Å². The molecule has 1 aliphatic heterocycles. The Morgan fingerprint density at radius 3 is 2.22 bits per heavy atom. The van der Waals surface area contributed by atoms with Crippen molar-refractivity contribution in [2.75, 3.05) is 41.4 Å². The van der Waals surface area contributed by atoms with Crippen LogP contribution in [0, 0.1) is 23.7 Å². The second-order valence-corrected chi connectivity index (χ2v) is 15.6. The normalized spacial score (nSPS) is 18.1. The second kappa shape index (κ2) is 21.4. The average Bonchev–Trinajstić information content (AvgIpc) is 3.81. The Kier molecular flexibility index (Phi) is 18.5. The van der Waals surface area contributed by atoms with Crippen LogP contribution in [-0.2, 0) is 40.0 Å². The Morgan fingerprint density at radius 2 is 1.67 bits per heavy atom. The molecule has 290 valence electrons. The highest BCUT2D eigenvalue weighted by Crippen LogP contribution is 2.29. The summed E-state index contributed by atoms with van der Waals surface area (Å²) in [6.07, 6.45) is 3.90. The number of aromatic nitrogens is 1. The number of carbonyl (C=O) groups is 5. The fourth-order valence-electron chi connectivity index (χ4n) is 7.05. The van der Waals surface area contributed by atoms with Gasteiger partial charge in [0.05, 0.1) is 49.7 Å². The summed E-state index contributed by atoms with van der Waals surface area (Å²) >= 11 is 1.47. The van der Waals surface area contributed by atoms with Gasteiger partial charge >= 0.3 is 0 Å². The molecule has 7 unspecified atom stereocenters. The molecule has 14 heteroatoms. The third-order valence-electron chi connectivity index (χ3n) is 10.3. The number of hydrogen-bond acceptors (Lipinski definition) is 9. The van der Waals surface area contributed by atoms with E-state index in [0.717, 1.165) is 24.3 Å². The van der Waals surface area contributed by atoms with Gasteiger partial charge in [0.2, 0.25) is 29.5 Å². The van der Waals surface area contributed by atoms with Gasteiger partial charge in [0, 0.05) is 52.9 Å². The summed E-state index contributed by atoms with van der Waals surface area (Å²) in [5.74, 6) is -1.43. The summed E-state index contributed by atoms with van der Waals surface area (Å²) in [6, 6.07) is -1.46. The Bertz CT molecular complexity index is 1260. The zero-order chi connectivity index (χ0) is 38.4. The minimum absolute atomic E-state index is 0.0248. The van der Waals surface area contributed by atoms with E-state index in [1.54, 1.807) is 44.3 Å². The molecule has 1 aromatic heterocycles. The SMILES string of the molecule is CCC(C)C(C(CC(=O)N1CCCC1C(OC)C(C)C(=O)NCc1nccs1)OC)N(C)C(=O)CNC(=O)C(C(C)C)N(C)C(=O)CCC(C)C. The fraction of sp³-hybridized carbons (Fsp3) is 0.784. The van der Waals surface area contributed by atoms with Gasteiger partial charge in [-0.1, -0.05) is 54.9 Å². The van der Waals surface area contributed by atoms with Crippen LogP contribution in [0.5, 0.6) is 0 Å². The number of hydrogen-bond donors (Lipinski definition) is 2. The largest absolute Gasteiger partial charge is 0.379 e. The molecule has 0 radical (unpaired) electrons. The van der Waals surface area contributed by atoms with E-state index in [1.165, 1.54) is 16.2 Å². The predicted molar refractivity (Wildman–Crippen MR) is 199 cm³/mol. The van der Waals surface area contributed by atoms with Gasteiger partial charge in [-0.15, -0.1) is 11.3 Å². The zero-order valence-electron chi connectivity index (χ0n) is 32.8. The molecule has 13 nitrogen and oxygen atoms in total. The number of ether oxygens (including phenoxy) is 2. The van der Waals surface area contributed by atoms with Crippen molar-refractivity contribution in [2.24, 2.45) is 23.7 Å². The lowest BCUT2D eigenvalue weighted by Gasteiger charge is -2.39. The summed E-state index contributed by atoms with van der Waals surface area (Å²) < 4.78 is 11.8. The van der Waals surface area contributed by atoms with Crippen LogP contribution >= 0.6 is 11.3 Å². The van der Waals surface area contributed by atoms with E-state index < -0.39 is 30.2 Å². The van der Waals surface area contributed by atoms with Gasteiger partial charge in [0.15, 0.2) is 0 Å². The van der Waals surface area contributed by atoms with Crippen molar-refractivity contribution >= 4 is 40.9 Å². The van der Waals surface area contributed by atoms with Crippen LogP contribution in [0.25, 0.3) is 0 Å². The van der Waals surface area contributed by atoms with Crippen molar-refractivity contribution in [2.45, 2.75) is 124 Å². The quantitative estimate of drug-likeness (QED) is 0.194. The first-order chi connectivity index (χ1) is 24.1. The van der Waals surface area contributed by atoms with Gasteiger partial charge < -0.3 is 34.8 Å². The van der Waals surface area contributed by atoms with Crippen molar-refractivity contribution < 1.29 is 33.4 Å². The van der Waals surface area contributed by atoms with E-state index in [0.29, 0.717) is 31.8 Å². The Balaban J connectivity index is 2.13. The van der Waals surface area contributed by atoms with Crippen LogP contribution in [-0.4, -0.2) is 121 Å². The van der Waals surface area contributed by atoms with Gasteiger partial charge in [-0.25, -0.2) is 4.98 Å². The number of likely N-dealkylation sites (tertiary alicyclic amines) is 1. The first kappa shape index (κ1) is 44.1. The van der Waals surface area contributed by atoms with E-state index >= 15 is 0 Å². The van der Waals surface area contributed by atoms with Crippen molar-refractivity contribution in [3.8, 4) is 0 Å². The second-order valence-electron chi connectivity index (χ2n) is 14.6. The van der Waals surface area contributed by atoms with Crippen LogP contribution in [0.2, 0.25) is 0 Å². The number of nitrogens with one attached hydrogen (secondary N) is 2. The summed E-state index contributed by atoms with van der Waals surface area (Å²) in [6.45, 7) is 14.3. The van der Waals surface area contributed by atoms with Crippen molar-refractivity contribution in [1.29, 1.82) is 0 Å². The minimum Gasteiger partial charge on any atom is -0.379 e. The summed E-state index contributed by atoms with van der Waals surface area (Å²) in [7, 11) is 6.42. The van der Waals surface area contributed by atoms with E-state index in [1.807, 2.05) is 40.0 Å². The molecule has 2 heterocycles. The molecule has 7 atom stereocenters. The molecule has 1 aliphatic rings. The molecular weight excluding hydrogens is 673 g/mol. The van der Waals surface area contributed by atoms with Gasteiger partial charge in [-0.2, -0.15) is 0 Å². The average molecular weight is 737 g/mol. The summed E-state index contributed by atoms with van der Waals surface area (Å²) in [4.78, 5) is 75.9. The fourth-order valence-corrected chi connectivity index (χ4v) is 7.61. The molecule has 1 aromatic rings. The molecule has 0 bridgehead atoms. The molecule has 0 aliphatic carbocycles. The number of thiazole rings is 1. The maximum absolute atomic E-state index is 14.0. The van der Waals surface area contributed by atoms with Crippen LogP contribution in [0.1, 0.15) is 92.0 Å². The lowest BCUT2D eigenvalue weighted by molar-refractivity contribution is -0.146.